The quantitative estimate of drug-likeness (QED) is 0.720. The summed E-state index contributed by atoms with van der Waals surface area (Å²) in [5.74, 6) is -1.18. The molecule has 18 heavy (non-hydrogen) atoms. The van der Waals surface area contributed by atoms with Gasteiger partial charge >= 0.3 is 0 Å². The zero-order valence-corrected chi connectivity index (χ0v) is 9.72. The van der Waals surface area contributed by atoms with Gasteiger partial charge in [0, 0.05) is 6.20 Å². The van der Waals surface area contributed by atoms with Crippen molar-refractivity contribution in [2.24, 2.45) is 0 Å². The first-order valence-corrected chi connectivity index (χ1v) is 5.26. The second kappa shape index (κ2) is 4.89. The summed E-state index contributed by atoms with van der Waals surface area (Å²) in [7, 11) is 0. The van der Waals surface area contributed by atoms with Gasteiger partial charge in [-0.1, -0.05) is 6.07 Å². The Morgan fingerprint density at radius 3 is 2.50 bits per heavy atom. The van der Waals surface area contributed by atoms with Crippen LogP contribution in [0.5, 0.6) is 11.5 Å². The van der Waals surface area contributed by atoms with E-state index in [0.717, 1.165) is 0 Å². The van der Waals surface area contributed by atoms with Crippen molar-refractivity contribution >= 4 is 23.3 Å². The van der Waals surface area contributed by atoms with Crippen molar-refractivity contribution in [3.05, 3.63) is 41.3 Å². The number of aromatic hydroxyl groups is 2. The number of rotatable bonds is 2. The van der Waals surface area contributed by atoms with Crippen molar-refractivity contribution in [3.8, 4) is 11.5 Å². The number of anilines is 1. The molecular weight excluding hydrogens is 258 g/mol. The minimum atomic E-state index is -0.694. The highest BCUT2D eigenvalue weighted by molar-refractivity contribution is 6.28. The average molecular weight is 266 g/mol. The Morgan fingerprint density at radius 2 is 1.89 bits per heavy atom. The van der Waals surface area contributed by atoms with Crippen LogP contribution in [0, 0.1) is 0 Å². The standard InChI is InChI=1S/C11H8ClN3O3/c12-11-13-5-4-8(15-11)14-10(18)9-6(16)2-1-3-7(9)17/h1-5,16-17H,(H,13,14,15,18). The molecule has 0 aliphatic carbocycles. The maximum atomic E-state index is 11.8. The van der Waals surface area contributed by atoms with Crippen LogP contribution >= 0.6 is 11.6 Å². The van der Waals surface area contributed by atoms with Crippen molar-refractivity contribution in [1.29, 1.82) is 0 Å². The second-order valence-electron chi connectivity index (χ2n) is 3.34. The molecule has 1 amide bonds. The maximum absolute atomic E-state index is 11.8. The van der Waals surface area contributed by atoms with E-state index in [1.54, 1.807) is 0 Å². The van der Waals surface area contributed by atoms with Gasteiger partial charge < -0.3 is 15.5 Å². The Balaban J connectivity index is 2.28. The predicted octanol–water partition coefficient (Wildman–Crippen LogP) is 1.79. The third-order valence-corrected chi connectivity index (χ3v) is 2.30. The molecule has 0 atom stereocenters. The maximum Gasteiger partial charge on any atom is 0.264 e. The zero-order valence-electron chi connectivity index (χ0n) is 8.96. The molecule has 0 bridgehead atoms. The summed E-state index contributed by atoms with van der Waals surface area (Å²) in [6.07, 6.45) is 1.37. The van der Waals surface area contributed by atoms with Crippen LogP contribution in [0.4, 0.5) is 5.82 Å². The molecule has 2 rings (SSSR count). The molecule has 6 nitrogen and oxygen atoms in total. The molecule has 3 N–H and O–H groups in total. The molecule has 1 heterocycles. The molecule has 0 unspecified atom stereocenters. The highest BCUT2D eigenvalue weighted by Gasteiger charge is 2.16. The van der Waals surface area contributed by atoms with Crippen molar-refractivity contribution in [3.63, 3.8) is 0 Å². The fourth-order valence-corrected chi connectivity index (χ4v) is 1.49. The van der Waals surface area contributed by atoms with Crippen LogP contribution in [0.2, 0.25) is 5.28 Å². The molecule has 1 aromatic heterocycles. The minimum Gasteiger partial charge on any atom is -0.507 e. The first kappa shape index (κ1) is 12.1. The van der Waals surface area contributed by atoms with Gasteiger partial charge in [0.1, 0.15) is 22.9 Å². The van der Waals surface area contributed by atoms with E-state index in [1.807, 2.05) is 0 Å². The number of halogens is 1. The van der Waals surface area contributed by atoms with Gasteiger partial charge in [-0.25, -0.2) is 9.97 Å². The molecular formula is C11H8ClN3O3. The van der Waals surface area contributed by atoms with Gasteiger partial charge in [-0.15, -0.1) is 0 Å². The van der Waals surface area contributed by atoms with Crippen molar-refractivity contribution in [1.82, 2.24) is 9.97 Å². The van der Waals surface area contributed by atoms with Gasteiger partial charge in [-0.3, -0.25) is 4.79 Å². The number of hydrogen-bond donors (Lipinski definition) is 3. The fourth-order valence-electron chi connectivity index (χ4n) is 1.34. The topological polar surface area (TPSA) is 95.3 Å². The number of hydrogen-bond acceptors (Lipinski definition) is 5. The number of amides is 1. The summed E-state index contributed by atoms with van der Waals surface area (Å²) in [5, 5.41) is 21.4. The summed E-state index contributed by atoms with van der Waals surface area (Å²) in [6, 6.07) is 5.44. The Hall–Kier alpha value is -2.34. The van der Waals surface area contributed by atoms with E-state index in [4.69, 9.17) is 11.6 Å². The minimum absolute atomic E-state index is 0.0192. The summed E-state index contributed by atoms with van der Waals surface area (Å²) >= 11 is 5.56. The van der Waals surface area contributed by atoms with Crippen molar-refractivity contribution in [2.45, 2.75) is 0 Å². The van der Waals surface area contributed by atoms with Crippen LogP contribution in [-0.4, -0.2) is 26.1 Å². The van der Waals surface area contributed by atoms with Crippen LogP contribution in [0.1, 0.15) is 10.4 Å². The first-order valence-electron chi connectivity index (χ1n) is 4.89. The second-order valence-corrected chi connectivity index (χ2v) is 3.67. The highest BCUT2D eigenvalue weighted by atomic mass is 35.5. The van der Waals surface area contributed by atoms with Crippen LogP contribution in [-0.2, 0) is 0 Å². The summed E-state index contributed by atoms with van der Waals surface area (Å²) in [5.41, 5.74) is -0.229. The van der Waals surface area contributed by atoms with E-state index >= 15 is 0 Å². The molecule has 0 aliphatic rings. The third kappa shape index (κ3) is 2.49. The Morgan fingerprint density at radius 1 is 1.22 bits per heavy atom. The van der Waals surface area contributed by atoms with Crippen molar-refractivity contribution < 1.29 is 15.0 Å². The lowest BCUT2D eigenvalue weighted by atomic mass is 10.1. The average Bonchev–Trinajstić information content (AvgIpc) is 2.28. The molecule has 2 aromatic rings. The summed E-state index contributed by atoms with van der Waals surface area (Å²) < 4.78 is 0. The van der Waals surface area contributed by atoms with E-state index in [0.29, 0.717) is 0 Å². The lowest BCUT2D eigenvalue weighted by Crippen LogP contribution is -2.13. The third-order valence-electron chi connectivity index (χ3n) is 2.12. The smallest absolute Gasteiger partial charge is 0.264 e. The Bertz CT molecular complexity index is 584. The number of carbonyl (C=O) groups is 1. The molecule has 0 aliphatic heterocycles. The lowest BCUT2D eigenvalue weighted by Gasteiger charge is -2.07. The van der Waals surface area contributed by atoms with Gasteiger partial charge in [0.2, 0.25) is 5.28 Å². The number of benzene rings is 1. The zero-order chi connectivity index (χ0) is 13.1. The summed E-state index contributed by atoms with van der Waals surface area (Å²) in [6.45, 7) is 0. The highest BCUT2D eigenvalue weighted by Crippen LogP contribution is 2.26. The molecule has 0 radical (unpaired) electrons. The van der Waals surface area contributed by atoms with Gasteiger partial charge in [-0.05, 0) is 29.8 Å². The first-order chi connectivity index (χ1) is 8.58. The number of phenolic OH excluding ortho intramolecular Hbond substituents is 2. The summed E-state index contributed by atoms with van der Waals surface area (Å²) in [4.78, 5) is 19.2. The van der Waals surface area contributed by atoms with Crippen LogP contribution in [0.3, 0.4) is 0 Å². The van der Waals surface area contributed by atoms with Gasteiger partial charge in [0.15, 0.2) is 0 Å². The Kier molecular flexibility index (Phi) is 3.29. The van der Waals surface area contributed by atoms with Crippen LogP contribution < -0.4 is 5.32 Å². The van der Waals surface area contributed by atoms with E-state index in [9.17, 15) is 15.0 Å². The monoisotopic (exact) mass is 265 g/mol. The number of nitrogens with zero attached hydrogens (tertiary/aromatic N) is 2. The molecule has 92 valence electrons. The molecule has 7 heteroatoms. The number of carbonyl (C=O) groups excluding carboxylic acids is 1. The van der Waals surface area contributed by atoms with E-state index in [1.165, 1.54) is 30.5 Å². The molecule has 0 spiro atoms. The number of nitrogens with one attached hydrogen (secondary N) is 1. The van der Waals surface area contributed by atoms with Crippen LogP contribution in [0.15, 0.2) is 30.5 Å². The lowest BCUT2D eigenvalue weighted by molar-refractivity contribution is 0.102. The molecule has 1 aromatic carbocycles. The van der Waals surface area contributed by atoms with Gasteiger partial charge in [0.25, 0.3) is 5.91 Å². The Labute approximate surface area is 107 Å². The molecule has 0 saturated carbocycles. The molecule has 0 saturated heterocycles. The van der Waals surface area contributed by atoms with E-state index in [2.05, 4.69) is 15.3 Å². The van der Waals surface area contributed by atoms with E-state index in [-0.39, 0.29) is 28.2 Å². The molecule has 0 fully saturated rings. The largest absolute Gasteiger partial charge is 0.507 e. The van der Waals surface area contributed by atoms with E-state index < -0.39 is 5.91 Å². The SMILES string of the molecule is O=C(Nc1ccnc(Cl)n1)c1c(O)cccc1O. The number of phenols is 2. The number of aromatic nitrogens is 2. The van der Waals surface area contributed by atoms with Gasteiger partial charge in [0.05, 0.1) is 0 Å². The predicted molar refractivity (Wildman–Crippen MR) is 64.8 cm³/mol. The normalized spacial score (nSPS) is 10.1. The van der Waals surface area contributed by atoms with Crippen LogP contribution in [0.25, 0.3) is 0 Å². The van der Waals surface area contributed by atoms with Crippen molar-refractivity contribution in [2.75, 3.05) is 5.32 Å². The van der Waals surface area contributed by atoms with Gasteiger partial charge in [-0.2, -0.15) is 0 Å². The fraction of sp³-hybridized carbons (Fsp3) is 0.